The molecule has 0 aromatic heterocycles. The summed E-state index contributed by atoms with van der Waals surface area (Å²) in [5.41, 5.74) is 1.70. The van der Waals surface area contributed by atoms with Gasteiger partial charge in [0.25, 0.3) is 0 Å². The maximum atomic E-state index is 9.20. The fraction of sp³-hybridized carbons (Fsp3) is 0.533. The molecule has 3 nitrogen and oxygen atoms in total. The van der Waals surface area contributed by atoms with Crippen molar-refractivity contribution in [3.8, 4) is 6.07 Å². The van der Waals surface area contributed by atoms with Gasteiger partial charge in [-0.3, -0.25) is 4.90 Å². The average Bonchev–Trinajstić information content (AvgIpc) is 2.83. The molecule has 2 heterocycles. The quantitative estimate of drug-likeness (QED) is 0.908. The molecule has 2 saturated heterocycles. The molecule has 4 heteroatoms. The Bertz CT molecular complexity index is 509. The summed E-state index contributed by atoms with van der Waals surface area (Å²) in [6, 6.07) is 9.23. The molecular weight excluding hydrogens is 302 g/mol. The van der Waals surface area contributed by atoms with Gasteiger partial charge in [0.2, 0.25) is 0 Å². The molecule has 2 unspecified atom stereocenters. The lowest BCUT2D eigenvalue weighted by molar-refractivity contribution is 0.193. The first-order valence-electron chi connectivity index (χ1n) is 6.98. The highest BCUT2D eigenvalue weighted by Crippen LogP contribution is 2.31. The number of halogens is 1. The summed E-state index contributed by atoms with van der Waals surface area (Å²) in [6.45, 7) is 2.44. The van der Waals surface area contributed by atoms with E-state index in [1.54, 1.807) is 0 Å². The van der Waals surface area contributed by atoms with Crippen LogP contribution in [0, 0.1) is 11.3 Å². The first-order valence-corrected chi connectivity index (χ1v) is 7.77. The molecule has 1 N–H and O–H groups in total. The van der Waals surface area contributed by atoms with E-state index in [0.717, 1.165) is 15.7 Å². The molecule has 100 valence electrons. The van der Waals surface area contributed by atoms with Crippen LogP contribution in [0.5, 0.6) is 0 Å². The number of nitriles is 1. The Morgan fingerprint density at radius 1 is 1.26 bits per heavy atom. The second-order valence-corrected chi connectivity index (χ2v) is 6.36. The average molecular weight is 320 g/mol. The number of rotatable bonds is 2. The van der Waals surface area contributed by atoms with Gasteiger partial charge in [0.1, 0.15) is 6.07 Å². The van der Waals surface area contributed by atoms with Crippen molar-refractivity contribution < 1.29 is 0 Å². The first kappa shape index (κ1) is 13.0. The highest BCUT2D eigenvalue weighted by Gasteiger charge is 2.35. The molecule has 19 heavy (non-hydrogen) atoms. The number of fused-ring (bicyclic) bond motifs is 1. The number of hydrogen-bond donors (Lipinski definition) is 1. The van der Waals surface area contributed by atoms with Crippen molar-refractivity contribution in [1.82, 2.24) is 4.90 Å². The smallest absolute Gasteiger partial charge is 0.101 e. The predicted octanol–water partition coefficient (Wildman–Crippen LogP) is 3.36. The summed E-state index contributed by atoms with van der Waals surface area (Å²) in [6.07, 6.45) is 5.14. The molecule has 2 fully saturated rings. The number of nitrogens with one attached hydrogen (secondary N) is 1. The van der Waals surface area contributed by atoms with Gasteiger partial charge in [0, 0.05) is 23.1 Å². The van der Waals surface area contributed by atoms with Gasteiger partial charge in [0.05, 0.1) is 11.3 Å². The van der Waals surface area contributed by atoms with Gasteiger partial charge >= 0.3 is 0 Å². The van der Waals surface area contributed by atoms with Crippen LogP contribution in [0.4, 0.5) is 5.69 Å². The molecule has 0 spiro atoms. The maximum absolute atomic E-state index is 9.20. The van der Waals surface area contributed by atoms with Crippen molar-refractivity contribution in [2.24, 2.45) is 0 Å². The summed E-state index contributed by atoms with van der Waals surface area (Å²) in [4.78, 5) is 2.60. The van der Waals surface area contributed by atoms with Crippen LogP contribution in [0.3, 0.4) is 0 Å². The van der Waals surface area contributed by atoms with E-state index in [4.69, 9.17) is 0 Å². The van der Waals surface area contributed by atoms with E-state index in [-0.39, 0.29) is 0 Å². The van der Waals surface area contributed by atoms with Crippen molar-refractivity contribution in [2.45, 2.75) is 37.8 Å². The highest BCUT2D eigenvalue weighted by atomic mass is 79.9. The lowest BCUT2D eigenvalue weighted by Gasteiger charge is -2.33. The zero-order chi connectivity index (χ0) is 13.2. The fourth-order valence-corrected chi connectivity index (χ4v) is 3.71. The van der Waals surface area contributed by atoms with Crippen LogP contribution in [-0.2, 0) is 0 Å². The zero-order valence-electron chi connectivity index (χ0n) is 10.9. The number of hydrogen-bond acceptors (Lipinski definition) is 3. The van der Waals surface area contributed by atoms with Crippen molar-refractivity contribution in [3.63, 3.8) is 0 Å². The minimum atomic E-state index is 0.488. The van der Waals surface area contributed by atoms with E-state index in [1.165, 1.54) is 38.8 Å². The minimum absolute atomic E-state index is 0.488. The Labute approximate surface area is 122 Å². The van der Waals surface area contributed by atoms with Crippen LogP contribution in [-0.4, -0.2) is 30.1 Å². The van der Waals surface area contributed by atoms with Crippen molar-refractivity contribution in [3.05, 3.63) is 28.2 Å². The number of benzene rings is 1. The third-order valence-electron chi connectivity index (χ3n) is 4.30. The number of anilines is 1. The van der Waals surface area contributed by atoms with Gasteiger partial charge in [-0.2, -0.15) is 5.26 Å². The Balaban J connectivity index is 1.78. The summed E-state index contributed by atoms with van der Waals surface area (Å²) >= 11 is 3.48. The van der Waals surface area contributed by atoms with Gasteiger partial charge < -0.3 is 5.32 Å². The van der Waals surface area contributed by atoms with Crippen LogP contribution in [0.2, 0.25) is 0 Å². The maximum Gasteiger partial charge on any atom is 0.101 e. The molecule has 0 saturated carbocycles. The fourth-order valence-electron chi connectivity index (χ4n) is 3.35. The lowest BCUT2D eigenvalue weighted by atomic mass is 9.98. The van der Waals surface area contributed by atoms with Crippen molar-refractivity contribution in [1.29, 1.82) is 5.26 Å². The van der Waals surface area contributed by atoms with E-state index in [1.807, 2.05) is 18.2 Å². The number of nitrogens with zero attached hydrogens (tertiary/aromatic N) is 2. The Kier molecular flexibility index (Phi) is 3.76. The van der Waals surface area contributed by atoms with Crippen LogP contribution in [0.25, 0.3) is 0 Å². The molecular formula is C15H18BrN3. The normalized spacial score (nSPS) is 26.7. The highest BCUT2D eigenvalue weighted by molar-refractivity contribution is 9.10. The second-order valence-electron chi connectivity index (χ2n) is 5.44. The molecule has 2 aliphatic rings. The first-order chi connectivity index (χ1) is 9.28. The molecule has 0 radical (unpaired) electrons. The van der Waals surface area contributed by atoms with Gasteiger partial charge in [-0.25, -0.2) is 0 Å². The molecule has 3 rings (SSSR count). The monoisotopic (exact) mass is 319 g/mol. The predicted molar refractivity (Wildman–Crippen MR) is 80.1 cm³/mol. The largest absolute Gasteiger partial charge is 0.380 e. The van der Waals surface area contributed by atoms with Gasteiger partial charge in [-0.15, -0.1) is 0 Å². The zero-order valence-corrected chi connectivity index (χ0v) is 12.5. The SMILES string of the molecule is N#Cc1ccc(Br)cc1NC1CCN2CCCCC12. The van der Waals surface area contributed by atoms with E-state index in [0.29, 0.717) is 12.1 Å². The third-order valence-corrected chi connectivity index (χ3v) is 4.79. The topological polar surface area (TPSA) is 39.1 Å². The standard InChI is InChI=1S/C15H18BrN3/c16-12-5-4-11(10-17)14(9-12)18-13-6-8-19-7-2-1-3-15(13)19/h4-5,9,13,15,18H,1-3,6-8H2. The molecule has 0 amide bonds. The number of piperidine rings is 1. The lowest BCUT2D eigenvalue weighted by Crippen LogP contribution is -2.41. The van der Waals surface area contributed by atoms with Crippen LogP contribution in [0.1, 0.15) is 31.2 Å². The van der Waals surface area contributed by atoms with Gasteiger partial charge in [-0.05, 0) is 44.0 Å². The Morgan fingerprint density at radius 3 is 3.00 bits per heavy atom. The van der Waals surface area contributed by atoms with Gasteiger partial charge in [0.15, 0.2) is 0 Å². The molecule has 1 aromatic carbocycles. The van der Waals surface area contributed by atoms with E-state index in [9.17, 15) is 5.26 Å². The molecule has 2 atom stereocenters. The Morgan fingerprint density at radius 2 is 2.16 bits per heavy atom. The molecule has 0 aliphatic carbocycles. The van der Waals surface area contributed by atoms with Crippen LogP contribution >= 0.6 is 15.9 Å². The minimum Gasteiger partial charge on any atom is -0.380 e. The van der Waals surface area contributed by atoms with E-state index >= 15 is 0 Å². The summed E-state index contributed by atoms with van der Waals surface area (Å²) in [5, 5.41) is 12.8. The molecule has 0 bridgehead atoms. The Hall–Kier alpha value is -1.05. The third kappa shape index (κ3) is 2.63. The van der Waals surface area contributed by atoms with Gasteiger partial charge in [-0.1, -0.05) is 22.4 Å². The molecule has 2 aliphatic heterocycles. The van der Waals surface area contributed by atoms with Crippen LogP contribution in [0.15, 0.2) is 22.7 Å². The van der Waals surface area contributed by atoms with Crippen LogP contribution < -0.4 is 5.32 Å². The summed E-state index contributed by atoms with van der Waals surface area (Å²) < 4.78 is 1.02. The summed E-state index contributed by atoms with van der Waals surface area (Å²) in [7, 11) is 0. The second kappa shape index (κ2) is 5.52. The summed E-state index contributed by atoms with van der Waals surface area (Å²) in [5.74, 6) is 0. The van der Waals surface area contributed by atoms with E-state index < -0.39 is 0 Å². The molecule has 1 aromatic rings. The van der Waals surface area contributed by atoms with Crippen molar-refractivity contribution >= 4 is 21.6 Å². The van der Waals surface area contributed by atoms with E-state index in [2.05, 4.69) is 32.2 Å². The van der Waals surface area contributed by atoms with Crippen molar-refractivity contribution in [2.75, 3.05) is 18.4 Å².